The monoisotopic (exact) mass is 247 g/mol. The molecule has 1 aromatic heterocycles. The summed E-state index contributed by atoms with van der Waals surface area (Å²) >= 11 is 0. The summed E-state index contributed by atoms with van der Waals surface area (Å²) in [6.45, 7) is 2.72. The van der Waals surface area contributed by atoms with Crippen LogP contribution in [0.3, 0.4) is 0 Å². The highest BCUT2D eigenvalue weighted by atomic mass is 16.5. The zero-order chi connectivity index (χ0) is 13.0. The zero-order valence-electron chi connectivity index (χ0n) is 10.5. The molecular formula is C14H17NO3. The van der Waals surface area contributed by atoms with E-state index < -0.39 is 0 Å². The number of rotatable bonds is 5. The van der Waals surface area contributed by atoms with Crippen molar-refractivity contribution in [3.63, 3.8) is 0 Å². The first-order chi connectivity index (χ1) is 8.70. The molecule has 18 heavy (non-hydrogen) atoms. The third kappa shape index (κ3) is 2.84. The van der Waals surface area contributed by atoms with E-state index >= 15 is 0 Å². The largest absolute Gasteiger partial charge is 0.504 e. The quantitative estimate of drug-likeness (QED) is 0.853. The minimum absolute atomic E-state index is 0.139. The van der Waals surface area contributed by atoms with E-state index in [-0.39, 0.29) is 11.8 Å². The summed E-state index contributed by atoms with van der Waals surface area (Å²) in [5.41, 5.74) is 1.04. The molecule has 0 saturated carbocycles. The average molecular weight is 247 g/mol. The Morgan fingerprint density at radius 1 is 1.39 bits per heavy atom. The van der Waals surface area contributed by atoms with Crippen LogP contribution in [0.2, 0.25) is 0 Å². The van der Waals surface area contributed by atoms with Crippen molar-refractivity contribution < 1.29 is 14.3 Å². The second kappa shape index (κ2) is 5.60. The lowest BCUT2D eigenvalue weighted by molar-refractivity contribution is 0.372. The molecule has 1 atom stereocenters. The van der Waals surface area contributed by atoms with Gasteiger partial charge >= 0.3 is 0 Å². The number of phenolic OH excluding ortho intramolecular Hbond substituents is 1. The Morgan fingerprint density at radius 2 is 2.22 bits per heavy atom. The van der Waals surface area contributed by atoms with E-state index in [9.17, 15) is 5.11 Å². The number of hydrogen-bond donors (Lipinski definition) is 2. The average Bonchev–Trinajstić information content (AvgIpc) is 2.91. The predicted octanol–water partition coefficient (Wildman–Crippen LogP) is 2.84. The number of furan rings is 1. The van der Waals surface area contributed by atoms with Gasteiger partial charge in [0.2, 0.25) is 0 Å². The Kier molecular flexibility index (Phi) is 3.89. The number of methoxy groups -OCH3 is 1. The normalized spacial score (nSPS) is 12.3. The van der Waals surface area contributed by atoms with Gasteiger partial charge in [-0.15, -0.1) is 0 Å². The van der Waals surface area contributed by atoms with Crippen molar-refractivity contribution in [1.29, 1.82) is 0 Å². The van der Waals surface area contributed by atoms with Crippen molar-refractivity contribution in [1.82, 2.24) is 5.32 Å². The van der Waals surface area contributed by atoms with Crippen LogP contribution in [0.25, 0.3) is 0 Å². The van der Waals surface area contributed by atoms with Gasteiger partial charge in [-0.2, -0.15) is 0 Å². The zero-order valence-corrected chi connectivity index (χ0v) is 10.5. The second-order valence-electron chi connectivity index (χ2n) is 4.12. The molecule has 1 aromatic carbocycles. The van der Waals surface area contributed by atoms with Crippen molar-refractivity contribution in [3.05, 3.63) is 47.9 Å². The minimum Gasteiger partial charge on any atom is -0.504 e. The maximum Gasteiger partial charge on any atom is 0.160 e. The van der Waals surface area contributed by atoms with Crippen LogP contribution in [0, 0.1) is 0 Å². The lowest BCUT2D eigenvalue weighted by Gasteiger charge is -2.12. The van der Waals surface area contributed by atoms with Crippen LogP contribution in [0.4, 0.5) is 0 Å². The third-order valence-corrected chi connectivity index (χ3v) is 2.83. The van der Waals surface area contributed by atoms with Gasteiger partial charge in [0.05, 0.1) is 19.4 Å². The Bertz CT molecular complexity index is 494. The van der Waals surface area contributed by atoms with Gasteiger partial charge in [0.1, 0.15) is 5.76 Å². The molecule has 0 bridgehead atoms. The van der Waals surface area contributed by atoms with Gasteiger partial charge in [-0.3, -0.25) is 0 Å². The van der Waals surface area contributed by atoms with E-state index in [1.165, 1.54) is 7.11 Å². The van der Waals surface area contributed by atoms with Gasteiger partial charge in [0.15, 0.2) is 11.5 Å². The van der Waals surface area contributed by atoms with E-state index in [4.69, 9.17) is 9.15 Å². The summed E-state index contributed by atoms with van der Waals surface area (Å²) in [5.74, 6) is 1.54. The van der Waals surface area contributed by atoms with Crippen molar-refractivity contribution in [2.24, 2.45) is 0 Å². The molecular weight excluding hydrogens is 230 g/mol. The molecule has 1 heterocycles. The molecule has 0 spiro atoms. The number of nitrogens with one attached hydrogen (secondary N) is 1. The summed E-state index contributed by atoms with van der Waals surface area (Å²) in [7, 11) is 1.54. The SMILES string of the molecule is COc1cc(CN[C@H](C)c2ccco2)ccc1O. The summed E-state index contributed by atoms with van der Waals surface area (Å²) in [6, 6.07) is 9.26. The van der Waals surface area contributed by atoms with Crippen LogP contribution in [-0.4, -0.2) is 12.2 Å². The predicted molar refractivity (Wildman–Crippen MR) is 68.6 cm³/mol. The summed E-state index contributed by atoms with van der Waals surface area (Å²) < 4.78 is 10.4. The second-order valence-corrected chi connectivity index (χ2v) is 4.12. The molecule has 0 saturated heterocycles. The topological polar surface area (TPSA) is 54.6 Å². The highest BCUT2D eigenvalue weighted by Crippen LogP contribution is 2.26. The van der Waals surface area contributed by atoms with Crippen LogP contribution >= 0.6 is 0 Å². The highest BCUT2D eigenvalue weighted by molar-refractivity contribution is 5.41. The molecule has 0 aliphatic heterocycles. The molecule has 0 aliphatic rings. The van der Waals surface area contributed by atoms with Gasteiger partial charge in [0, 0.05) is 6.54 Å². The Labute approximate surface area is 106 Å². The number of benzene rings is 1. The minimum atomic E-state index is 0.139. The molecule has 4 heteroatoms. The van der Waals surface area contributed by atoms with Crippen LogP contribution < -0.4 is 10.1 Å². The van der Waals surface area contributed by atoms with Crippen LogP contribution in [0.5, 0.6) is 11.5 Å². The van der Waals surface area contributed by atoms with E-state index in [0.717, 1.165) is 11.3 Å². The molecule has 0 radical (unpaired) electrons. The summed E-state index contributed by atoms with van der Waals surface area (Å²) in [4.78, 5) is 0. The lowest BCUT2D eigenvalue weighted by Crippen LogP contribution is -2.17. The van der Waals surface area contributed by atoms with Gasteiger partial charge in [-0.05, 0) is 36.8 Å². The first kappa shape index (κ1) is 12.5. The number of phenols is 1. The molecule has 2 rings (SSSR count). The fourth-order valence-electron chi connectivity index (χ4n) is 1.74. The number of hydrogen-bond acceptors (Lipinski definition) is 4. The van der Waals surface area contributed by atoms with Gasteiger partial charge in [-0.25, -0.2) is 0 Å². The first-order valence-electron chi connectivity index (χ1n) is 5.83. The molecule has 96 valence electrons. The molecule has 0 aliphatic carbocycles. The molecule has 0 unspecified atom stereocenters. The molecule has 2 aromatic rings. The Morgan fingerprint density at radius 3 is 2.89 bits per heavy atom. The van der Waals surface area contributed by atoms with Gasteiger partial charge < -0.3 is 19.6 Å². The summed E-state index contributed by atoms with van der Waals surface area (Å²) in [6.07, 6.45) is 1.66. The first-order valence-corrected chi connectivity index (χ1v) is 5.83. The molecule has 0 amide bonds. The smallest absolute Gasteiger partial charge is 0.160 e. The number of aromatic hydroxyl groups is 1. The van der Waals surface area contributed by atoms with Crippen molar-refractivity contribution in [2.75, 3.05) is 7.11 Å². The third-order valence-electron chi connectivity index (χ3n) is 2.83. The maximum atomic E-state index is 9.50. The fraction of sp³-hybridized carbons (Fsp3) is 0.286. The Balaban J connectivity index is 1.98. The van der Waals surface area contributed by atoms with Crippen molar-refractivity contribution in [2.45, 2.75) is 19.5 Å². The number of ether oxygens (including phenoxy) is 1. The van der Waals surface area contributed by atoms with Crippen LogP contribution in [0.1, 0.15) is 24.3 Å². The summed E-state index contributed by atoms with van der Waals surface area (Å²) in [5, 5.41) is 12.8. The van der Waals surface area contributed by atoms with Gasteiger partial charge in [-0.1, -0.05) is 6.07 Å². The molecule has 2 N–H and O–H groups in total. The van der Waals surface area contributed by atoms with E-state index in [2.05, 4.69) is 5.32 Å². The van der Waals surface area contributed by atoms with Crippen molar-refractivity contribution >= 4 is 0 Å². The van der Waals surface area contributed by atoms with Crippen molar-refractivity contribution in [3.8, 4) is 11.5 Å². The van der Waals surface area contributed by atoms with E-state index in [0.29, 0.717) is 12.3 Å². The highest BCUT2D eigenvalue weighted by Gasteiger charge is 2.08. The Hall–Kier alpha value is -1.94. The van der Waals surface area contributed by atoms with E-state index in [1.807, 2.05) is 31.2 Å². The van der Waals surface area contributed by atoms with Crippen LogP contribution in [-0.2, 0) is 6.54 Å². The van der Waals surface area contributed by atoms with E-state index in [1.54, 1.807) is 12.3 Å². The van der Waals surface area contributed by atoms with Gasteiger partial charge in [0.25, 0.3) is 0 Å². The standard InChI is InChI=1S/C14H17NO3/c1-10(13-4-3-7-18-13)15-9-11-5-6-12(16)14(8-11)17-2/h3-8,10,15-16H,9H2,1-2H3/t10-/m1/s1. The van der Waals surface area contributed by atoms with Crippen LogP contribution in [0.15, 0.2) is 41.0 Å². The lowest BCUT2D eigenvalue weighted by atomic mass is 10.2. The molecule has 0 fully saturated rings. The maximum absolute atomic E-state index is 9.50. The molecule has 4 nitrogen and oxygen atoms in total. The fourth-order valence-corrected chi connectivity index (χ4v) is 1.74.